The van der Waals surface area contributed by atoms with E-state index >= 15 is 0 Å². The van der Waals surface area contributed by atoms with Crippen molar-refractivity contribution in [2.24, 2.45) is 0 Å². The first-order valence-corrected chi connectivity index (χ1v) is 8.87. The van der Waals surface area contributed by atoms with E-state index in [0.717, 1.165) is 5.56 Å². The summed E-state index contributed by atoms with van der Waals surface area (Å²) in [6.07, 6.45) is -0.635. The molecule has 3 aromatic rings. The Balaban J connectivity index is 1.63. The number of ether oxygens (including phenoxy) is 1. The second-order valence-corrected chi connectivity index (χ2v) is 6.67. The average molecular weight is 386 g/mol. The first-order valence-electron chi connectivity index (χ1n) is 8.50. The molecule has 1 heterocycles. The molecular weight excluding hydrogens is 366 g/mol. The van der Waals surface area contributed by atoms with Gasteiger partial charge >= 0.3 is 0 Å². The lowest BCUT2D eigenvalue weighted by molar-refractivity contribution is -0.137. The van der Waals surface area contributed by atoms with Gasteiger partial charge in [0.1, 0.15) is 5.75 Å². The number of carbonyl (C=O) groups excluding carboxylic acids is 1. The molecule has 0 saturated heterocycles. The lowest BCUT2D eigenvalue weighted by Gasteiger charge is -2.20. The highest BCUT2D eigenvalue weighted by molar-refractivity contribution is 6.33. The van der Waals surface area contributed by atoms with Gasteiger partial charge in [-0.2, -0.15) is 4.98 Å². The Kier molecular flexibility index (Phi) is 5.76. The van der Waals surface area contributed by atoms with Crippen LogP contribution >= 0.6 is 11.6 Å². The normalized spacial score (nSPS) is 11.9. The number of nitrogens with zero attached hydrogens (tertiary/aromatic N) is 3. The zero-order valence-corrected chi connectivity index (χ0v) is 16.1. The molecular formula is C20H20ClN3O3. The largest absolute Gasteiger partial charge is 0.481 e. The Morgan fingerprint density at radius 3 is 2.63 bits per heavy atom. The maximum Gasteiger partial charge on any atom is 0.263 e. The van der Waals surface area contributed by atoms with Gasteiger partial charge in [0.05, 0.1) is 11.6 Å². The molecule has 140 valence electrons. The van der Waals surface area contributed by atoms with E-state index in [0.29, 0.717) is 28.1 Å². The van der Waals surface area contributed by atoms with Crippen LogP contribution in [0.3, 0.4) is 0 Å². The Bertz CT molecular complexity index is 924. The number of halogens is 1. The Morgan fingerprint density at radius 2 is 1.93 bits per heavy atom. The average Bonchev–Trinajstić information content (AvgIpc) is 3.11. The van der Waals surface area contributed by atoms with E-state index in [1.54, 1.807) is 20.0 Å². The summed E-state index contributed by atoms with van der Waals surface area (Å²) >= 11 is 6.15. The smallest absolute Gasteiger partial charge is 0.263 e. The van der Waals surface area contributed by atoms with Gasteiger partial charge in [0, 0.05) is 12.6 Å². The van der Waals surface area contributed by atoms with Crippen molar-refractivity contribution in [3.8, 4) is 17.1 Å². The molecule has 1 amide bonds. The molecule has 1 aromatic heterocycles. The SMILES string of the molecule is Cc1ccc(O[C@@H](C)C(=O)N(C)Cc2nc(-c3ccccc3Cl)no2)cc1. The molecule has 27 heavy (non-hydrogen) atoms. The van der Waals surface area contributed by atoms with Crippen molar-refractivity contribution < 1.29 is 14.1 Å². The van der Waals surface area contributed by atoms with Gasteiger partial charge in [0.2, 0.25) is 11.7 Å². The summed E-state index contributed by atoms with van der Waals surface area (Å²) in [5, 5.41) is 4.48. The van der Waals surface area contributed by atoms with Crippen LogP contribution < -0.4 is 4.74 Å². The zero-order valence-electron chi connectivity index (χ0n) is 15.3. The lowest BCUT2D eigenvalue weighted by atomic mass is 10.2. The van der Waals surface area contributed by atoms with E-state index in [1.165, 1.54) is 4.90 Å². The third kappa shape index (κ3) is 4.65. The maximum absolute atomic E-state index is 12.5. The standard InChI is InChI=1S/C20H20ClN3O3/c1-13-8-10-15(11-9-13)26-14(2)20(25)24(3)12-18-22-19(23-27-18)16-6-4-5-7-17(16)21/h4-11,14H,12H2,1-3H3/t14-/m0/s1. The highest BCUT2D eigenvalue weighted by atomic mass is 35.5. The molecule has 6 nitrogen and oxygen atoms in total. The molecule has 1 atom stereocenters. The van der Waals surface area contributed by atoms with Crippen molar-refractivity contribution in [1.29, 1.82) is 0 Å². The summed E-state index contributed by atoms with van der Waals surface area (Å²) in [5.41, 5.74) is 1.81. The minimum Gasteiger partial charge on any atom is -0.481 e. The predicted molar refractivity (Wildman–Crippen MR) is 102 cm³/mol. The van der Waals surface area contributed by atoms with Crippen LogP contribution in [0.4, 0.5) is 0 Å². The summed E-state index contributed by atoms with van der Waals surface area (Å²) in [6, 6.07) is 14.8. The Hall–Kier alpha value is -2.86. The van der Waals surface area contributed by atoms with E-state index in [1.807, 2.05) is 49.4 Å². The second kappa shape index (κ2) is 8.22. The van der Waals surface area contributed by atoms with Gasteiger partial charge < -0.3 is 14.2 Å². The first-order chi connectivity index (χ1) is 12.9. The van der Waals surface area contributed by atoms with E-state index in [4.69, 9.17) is 20.9 Å². The molecule has 0 aliphatic carbocycles. The molecule has 3 rings (SSSR count). The molecule has 0 bridgehead atoms. The molecule has 0 aliphatic rings. The number of carbonyl (C=O) groups is 1. The molecule has 2 aromatic carbocycles. The molecule has 0 radical (unpaired) electrons. The van der Waals surface area contributed by atoms with Crippen molar-refractivity contribution in [3.05, 3.63) is 65.0 Å². The third-order valence-electron chi connectivity index (χ3n) is 4.01. The van der Waals surface area contributed by atoms with Crippen LogP contribution in [-0.4, -0.2) is 34.1 Å². The fraction of sp³-hybridized carbons (Fsp3) is 0.250. The fourth-order valence-corrected chi connectivity index (χ4v) is 2.75. The summed E-state index contributed by atoms with van der Waals surface area (Å²) in [7, 11) is 1.66. The quantitative estimate of drug-likeness (QED) is 0.638. The van der Waals surface area contributed by atoms with Crippen molar-refractivity contribution in [1.82, 2.24) is 15.0 Å². The van der Waals surface area contributed by atoms with Gasteiger partial charge in [-0.15, -0.1) is 0 Å². The first kappa shape index (κ1) is 18.9. The van der Waals surface area contributed by atoms with Crippen molar-refractivity contribution >= 4 is 17.5 Å². The van der Waals surface area contributed by atoms with E-state index in [-0.39, 0.29) is 12.5 Å². The molecule has 0 N–H and O–H groups in total. The molecule has 0 unspecified atom stereocenters. The van der Waals surface area contributed by atoms with Crippen molar-refractivity contribution in [3.63, 3.8) is 0 Å². The molecule has 0 saturated carbocycles. The highest BCUT2D eigenvalue weighted by Gasteiger charge is 2.21. The highest BCUT2D eigenvalue weighted by Crippen LogP contribution is 2.25. The van der Waals surface area contributed by atoms with Crippen LogP contribution in [-0.2, 0) is 11.3 Å². The van der Waals surface area contributed by atoms with Crippen molar-refractivity contribution in [2.45, 2.75) is 26.5 Å². The van der Waals surface area contributed by atoms with Gasteiger partial charge in [-0.3, -0.25) is 4.79 Å². The number of likely N-dealkylation sites (N-methyl/N-ethyl adjacent to an activating group) is 1. The number of amides is 1. The van der Waals surface area contributed by atoms with Crippen LogP contribution in [0.5, 0.6) is 5.75 Å². The van der Waals surface area contributed by atoms with E-state index < -0.39 is 6.10 Å². The summed E-state index contributed by atoms with van der Waals surface area (Å²) in [5.74, 6) is 1.17. The zero-order chi connectivity index (χ0) is 19.4. The Labute approximate surface area is 162 Å². The van der Waals surface area contributed by atoms with Crippen LogP contribution in [0.25, 0.3) is 11.4 Å². The minimum absolute atomic E-state index is 0.178. The number of benzene rings is 2. The van der Waals surface area contributed by atoms with Gasteiger partial charge in [-0.25, -0.2) is 0 Å². The van der Waals surface area contributed by atoms with Crippen molar-refractivity contribution in [2.75, 3.05) is 7.05 Å². The van der Waals surface area contributed by atoms with Crippen LogP contribution in [0, 0.1) is 6.92 Å². The van der Waals surface area contributed by atoms with Gasteiger partial charge in [-0.1, -0.05) is 46.6 Å². The third-order valence-corrected chi connectivity index (χ3v) is 4.34. The molecule has 7 heteroatoms. The number of hydrogen-bond acceptors (Lipinski definition) is 5. The second-order valence-electron chi connectivity index (χ2n) is 6.26. The topological polar surface area (TPSA) is 68.5 Å². The molecule has 0 spiro atoms. The summed E-state index contributed by atoms with van der Waals surface area (Å²) in [6.45, 7) is 3.88. The number of aromatic nitrogens is 2. The Morgan fingerprint density at radius 1 is 1.22 bits per heavy atom. The van der Waals surface area contributed by atoms with E-state index in [2.05, 4.69) is 10.1 Å². The van der Waals surface area contributed by atoms with Gasteiger partial charge in [-0.05, 0) is 38.1 Å². The van der Waals surface area contributed by atoms with Gasteiger partial charge in [0.15, 0.2) is 6.10 Å². The summed E-state index contributed by atoms with van der Waals surface area (Å²) < 4.78 is 11.0. The molecule has 0 aliphatic heterocycles. The summed E-state index contributed by atoms with van der Waals surface area (Å²) in [4.78, 5) is 18.3. The maximum atomic E-state index is 12.5. The van der Waals surface area contributed by atoms with Crippen LogP contribution in [0.2, 0.25) is 5.02 Å². The lowest BCUT2D eigenvalue weighted by Crippen LogP contribution is -2.37. The molecule has 0 fully saturated rings. The van der Waals surface area contributed by atoms with E-state index in [9.17, 15) is 4.79 Å². The fourth-order valence-electron chi connectivity index (χ4n) is 2.53. The van der Waals surface area contributed by atoms with Gasteiger partial charge in [0.25, 0.3) is 5.91 Å². The number of rotatable bonds is 6. The van der Waals surface area contributed by atoms with Crippen LogP contribution in [0.1, 0.15) is 18.4 Å². The predicted octanol–water partition coefficient (Wildman–Crippen LogP) is 4.12. The minimum atomic E-state index is -0.635. The monoisotopic (exact) mass is 385 g/mol. The van der Waals surface area contributed by atoms with Crippen LogP contribution in [0.15, 0.2) is 53.1 Å². The number of hydrogen-bond donors (Lipinski definition) is 0. The number of aryl methyl sites for hydroxylation is 1.